The van der Waals surface area contributed by atoms with E-state index in [1.807, 2.05) is 85.8 Å². The van der Waals surface area contributed by atoms with Gasteiger partial charge < -0.3 is 20.4 Å². The Morgan fingerprint density at radius 2 is 1.66 bits per heavy atom. The number of aromatic nitrogens is 2. The number of ether oxygens (including phenoxy) is 1. The van der Waals surface area contributed by atoms with Crippen LogP contribution in [-0.2, 0) is 4.79 Å². The lowest BCUT2D eigenvalue weighted by Crippen LogP contribution is -2.31. The molecule has 0 spiro atoms. The van der Waals surface area contributed by atoms with Gasteiger partial charge in [0, 0.05) is 11.4 Å². The number of aromatic amines is 1. The third-order valence-corrected chi connectivity index (χ3v) is 4.48. The van der Waals surface area contributed by atoms with Crippen molar-refractivity contribution < 1.29 is 9.53 Å². The highest BCUT2D eigenvalue weighted by atomic mass is 16.5. The summed E-state index contributed by atoms with van der Waals surface area (Å²) >= 11 is 0. The predicted octanol–water partition coefficient (Wildman–Crippen LogP) is 4.56. The third kappa shape index (κ3) is 4.73. The zero-order valence-corrected chi connectivity index (χ0v) is 16.1. The average molecular weight is 386 g/mol. The van der Waals surface area contributed by atoms with E-state index in [9.17, 15) is 4.79 Å². The molecule has 1 amide bonds. The van der Waals surface area contributed by atoms with Gasteiger partial charge in [-0.2, -0.15) is 0 Å². The number of H-pyrrole nitrogens is 1. The Hall–Kier alpha value is -3.80. The number of hydrogen-bond acceptors (Lipinski definition) is 4. The van der Waals surface area contributed by atoms with Crippen LogP contribution in [0.3, 0.4) is 0 Å². The molecule has 0 saturated heterocycles. The van der Waals surface area contributed by atoms with Crippen molar-refractivity contribution in [3.05, 3.63) is 84.7 Å². The first-order chi connectivity index (χ1) is 14.2. The molecule has 0 saturated carbocycles. The van der Waals surface area contributed by atoms with Crippen molar-refractivity contribution in [3.63, 3.8) is 0 Å². The lowest BCUT2D eigenvalue weighted by atomic mass is 10.2. The maximum atomic E-state index is 12.2. The normalized spacial score (nSPS) is 11.8. The van der Waals surface area contributed by atoms with Crippen molar-refractivity contribution in [1.29, 1.82) is 0 Å². The van der Waals surface area contributed by atoms with Crippen molar-refractivity contribution in [2.45, 2.75) is 13.0 Å². The van der Waals surface area contributed by atoms with Gasteiger partial charge in [-0.05, 0) is 55.5 Å². The lowest BCUT2D eigenvalue weighted by Gasteiger charge is -2.12. The summed E-state index contributed by atoms with van der Waals surface area (Å²) < 4.78 is 5.60. The van der Waals surface area contributed by atoms with Crippen LogP contribution in [-0.4, -0.2) is 22.5 Å². The van der Waals surface area contributed by atoms with E-state index >= 15 is 0 Å². The standard InChI is InChI=1S/C23H22N4O2/c1-16(23-26-20-9-5-6-10-21(20)27-23)24-22(28)15-29-19-13-11-18(12-14-19)25-17-7-3-2-4-8-17/h2-14,16,25H,15H2,1H3,(H,24,28)(H,26,27)/t16-/m0/s1. The van der Waals surface area contributed by atoms with Gasteiger partial charge in [-0.3, -0.25) is 4.79 Å². The van der Waals surface area contributed by atoms with Crippen LogP contribution in [0.1, 0.15) is 18.8 Å². The largest absolute Gasteiger partial charge is 0.484 e. The van der Waals surface area contributed by atoms with Gasteiger partial charge in [0.05, 0.1) is 17.1 Å². The van der Waals surface area contributed by atoms with Gasteiger partial charge in [0.1, 0.15) is 11.6 Å². The number of nitrogens with one attached hydrogen (secondary N) is 3. The number of amides is 1. The van der Waals surface area contributed by atoms with Gasteiger partial charge in [-0.25, -0.2) is 4.98 Å². The molecule has 6 heteroatoms. The highest BCUT2D eigenvalue weighted by Gasteiger charge is 2.14. The van der Waals surface area contributed by atoms with E-state index < -0.39 is 0 Å². The number of fused-ring (bicyclic) bond motifs is 1. The van der Waals surface area contributed by atoms with Crippen LogP contribution in [0.4, 0.5) is 11.4 Å². The fourth-order valence-electron chi connectivity index (χ4n) is 3.00. The number of anilines is 2. The molecule has 4 rings (SSSR count). The molecular formula is C23H22N4O2. The molecule has 0 unspecified atom stereocenters. The Bertz CT molecular complexity index is 1060. The van der Waals surface area contributed by atoms with Crippen LogP contribution in [0.25, 0.3) is 11.0 Å². The average Bonchev–Trinajstić information content (AvgIpc) is 3.19. The van der Waals surface area contributed by atoms with Gasteiger partial charge in [0.2, 0.25) is 0 Å². The molecule has 4 aromatic rings. The van der Waals surface area contributed by atoms with Gasteiger partial charge in [0.15, 0.2) is 6.61 Å². The van der Waals surface area contributed by atoms with E-state index in [1.165, 1.54) is 0 Å². The predicted molar refractivity (Wildman–Crippen MR) is 114 cm³/mol. The Morgan fingerprint density at radius 3 is 2.41 bits per heavy atom. The molecule has 3 N–H and O–H groups in total. The highest BCUT2D eigenvalue weighted by Crippen LogP contribution is 2.20. The fraction of sp³-hybridized carbons (Fsp3) is 0.130. The Kier molecular flexibility index (Phi) is 5.42. The monoisotopic (exact) mass is 386 g/mol. The Morgan fingerprint density at radius 1 is 0.966 bits per heavy atom. The Balaban J connectivity index is 1.28. The zero-order valence-electron chi connectivity index (χ0n) is 16.1. The second kappa shape index (κ2) is 8.48. The van der Waals surface area contributed by atoms with Gasteiger partial charge in [-0.1, -0.05) is 30.3 Å². The van der Waals surface area contributed by atoms with E-state index in [4.69, 9.17) is 4.74 Å². The molecule has 0 aliphatic carbocycles. The number of nitrogens with zero attached hydrogens (tertiary/aromatic N) is 1. The fourth-order valence-corrected chi connectivity index (χ4v) is 3.00. The second-order valence-corrected chi connectivity index (χ2v) is 6.73. The first-order valence-corrected chi connectivity index (χ1v) is 9.46. The molecule has 0 radical (unpaired) electrons. The van der Waals surface area contributed by atoms with Crippen molar-refractivity contribution in [2.24, 2.45) is 0 Å². The maximum Gasteiger partial charge on any atom is 0.258 e. The number of carbonyl (C=O) groups excluding carboxylic acids is 1. The minimum atomic E-state index is -0.240. The first-order valence-electron chi connectivity index (χ1n) is 9.46. The quantitative estimate of drug-likeness (QED) is 0.435. The third-order valence-electron chi connectivity index (χ3n) is 4.48. The van der Waals surface area contributed by atoms with Crippen LogP contribution in [0, 0.1) is 0 Å². The maximum absolute atomic E-state index is 12.2. The van der Waals surface area contributed by atoms with Crippen molar-refractivity contribution in [2.75, 3.05) is 11.9 Å². The summed E-state index contributed by atoms with van der Waals surface area (Å²) in [5.74, 6) is 1.15. The second-order valence-electron chi connectivity index (χ2n) is 6.73. The molecule has 3 aromatic carbocycles. The molecule has 146 valence electrons. The highest BCUT2D eigenvalue weighted by molar-refractivity contribution is 5.78. The molecule has 29 heavy (non-hydrogen) atoms. The minimum Gasteiger partial charge on any atom is -0.484 e. The number of para-hydroxylation sites is 3. The van der Waals surface area contributed by atoms with E-state index in [-0.39, 0.29) is 18.6 Å². The van der Waals surface area contributed by atoms with Crippen molar-refractivity contribution >= 4 is 28.3 Å². The summed E-state index contributed by atoms with van der Waals surface area (Å²) in [5.41, 5.74) is 3.79. The van der Waals surface area contributed by atoms with Crippen LogP contribution >= 0.6 is 0 Å². The van der Waals surface area contributed by atoms with E-state index in [2.05, 4.69) is 20.6 Å². The number of rotatable bonds is 7. The SMILES string of the molecule is C[C@H](NC(=O)COc1ccc(Nc2ccccc2)cc1)c1nc2ccccc2[nH]1. The Labute approximate surface area is 168 Å². The van der Waals surface area contributed by atoms with E-state index in [0.717, 1.165) is 28.2 Å². The summed E-state index contributed by atoms with van der Waals surface area (Å²) in [7, 11) is 0. The molecule has 0 bridgehead atoms. The molecule has 0 aliphatic rings. The lowest BCUT2D eigenvalue weighted by molar-refractivity contribution is -0.123. The van der Waals surface area contributed by atoms with Crippen LogP contribution in [0.5, 0.6) is 5.75 Å². The topological polar surface area (TPSA) is 79.0 Å². The summed E-state index contributed by atoms with van der Waals surface area (Å²) in [6, 6.07) is 25.0. The summed E-state index contributed by atoms with van der Waals surface area (Å²) in [4.78, 5) is 20.0. The number of imidazole rings is 1. The molecule has 0 fully saturated rings. The van der Waals surface area contributed by atoms with Gasteiger partial charge in [-0.15, -0.1) is 0 Å². The smallest absolute Gasteiger partial charge is 0.258 e. The zero-order chi connectivity index (χ0) is 20.1. The minimum absolute atomic E-state index is 0.0595. The molecule has 1 heterocycles. The molecule has 6 nitrogen and oxygen atoms in total. The molecule has 1 aromatic heterocycles. The van der Waals surface area contributed by atoms with Crippen LogP contribution in [0.15, 0.2) is 78.9 Å². The number of carbonyl (C=O) groups is 1. The summed E-state index contributed by atoms with van der Waals surface area (Å²) in [6.07, 6.45) is 0. The molecule has 1 atom stereocenters. The van der Waals surface area contributed by atoms with Crippen molar-refractivity contribution in [3.8, 4) is 5.75 Å². The van der Waals surface area contributed by atoms with E-state index in [1.54, 1.807) is 0 Å². The first kappa shape index (κ1) is 18.6. The summed E-state index contributed by atoms with van der Waals surface area (Å²) in [5, 5.41) is 6.21. The number of hydrogen-bond donors (Lipinski definition) is 3. The van der Waals surface area contributed by atoms with Gasteiger partial charge >= 0.3 is 0 Å². The summed E-state index contributed by atoms with van der Waals surface area (Å²) in [6.45, 7) is 1.83. The van der Waals surface area contributed by atoms with Gasteiger partial charge in [0.25, 0.3) is 5.91 Å². The number of benzene rings is 3. The van der Waals surface area contributed by atoms with Crippen LogP contribution in [0.2, 0.25) is 0 Å². The van der Waals surface area contributed by atoms with Crippen molar-refractivity contribution in [1.82, 2.24) is 15.3 Å². The van der Waals surface area contributed by atoms with Crippen LogP contribution < -0.4 is 15.4 Å². The van der Waals surface area contributed by atoms with E-state index in [0.29, 0.717) is 5.75 Å². The molecular weight excluding hydrogens is 364 g/mol. The molecule has 0 aliphatic heterocycles.